The topological polar surface area (TPSA) is 119 Å². The first-order valence-corrected chi connectivity index (χ1v) is 12.1. The van der Waals surface area contributed by atoms with Gasteiger partial charge in [0.05, 0.1) is 11.0 Å². The van der Waals surface area contributed by atoms with Crippen LogP contribution >= 0.6 is 0 Å². The number of anilines is 3. The van der Waals surface area contributed by atoms with Crippen LogP contribution in [0.15, 0.2) is 35.3 Å². The molecule has 10 nitrogen and oxygen atoms in total. The van der Waals surface area contributed by atoms with E-state index in [-0.39, 0.29) is 17.2 Å². The largest absolute Gasteiger partial charge is 0.369 e. The Morgan fingerprint density at radius 3 is 2.69 bits per heavy atom. The van der Waals surface area contributed by atoms with Crippen molar-refractivity contribution < 1.29 is 0 Å². The second kappa shape index (κ2) is 8.67. The predicted octanol–water partition coefficient (Wildman–Crippen LogP) is 3.15. The molecule has 3 aromatic heterocycles. The van der Waals surface area contributed by atoms with Crippen LogP contribution in [-0.4, -0.2) is 62.6 Å². The van der Waals surface area contributed by atoms with E-state index in [4.69, 9.17) is 0 Å². The molecule has 178 valence electrons. The third-order valence-electron chi connectivity index (χ3n) is 7.15. The molecule has 1 saturated carbocycles. The van der Waals surface area contributed by atoms with E-state index in [1.54, 1.807) is 16.8 Å². The van der Waals surface area contributed by atoms with Crippen molar-refractivity contribution in [1.82, 2.24) is 29.4 Å². The fourth-order valence-electron chi connectivity index (χ4n) is 5.19. The van der Waals surface area contributed by atoms with Crippen LogP contribution < -0.4 is 15.8 Å². The van der Waals surface area contributed by atoms with Gasteiger partial charge in [-0.15, -0.1) is 0 Å². The third-order valence-corrected chi connectivity index (χ3v) is 7.15. The molecular formula is C25H27N9O. The zero-order chi connectivity index (χ0) is 23.9. The number of H-pyrrole nitrogens is 1. The fourth-order valence-corrected chi connectivity index (χ4v) is 5.19. The van der Waals surface area contributed by atoms with Crippen LogP contribution in [0.25, 0.3) is 22.1 Å². The summed E-state index contributed by atoms with van der Waals surface area (Å²) in [6, 6.07) is 9.91. The highest BCUT2D eigenvalue weighted by atomic mass is 16.1. The van der Waals surface area contributed by atoms with Crippen molar-refractivity contribution in [1.29, 1.82) is 5.26 Å². The van der Waals surface area contributed by atoms with Gasteiger partial charge in [-0.1, -0.05) is 12.8 Å². The van der Waals surface area contributed by atoms with Gasteiger partial charge in [0, 0.05) is 49.5 Å². The van der Waals surface area contributed by atoms with Crippen LogP contribution in [0.4, 0.5) is 17.6 Å². The molecule has 2 aliphatic rings. The molecule has 0 atom stereocenters. The lowest BCUT2D eigenvalue weighted by molar-refractivity contribution is 0.313. The highest BCUT2D eigenvalue weighted by Gasteiger charge is 2.23. The van der Waals surface area contributed by atoms with Gasteiger partial charge < -0.3 is 14.8 Å². The number of aromatic nitrogens is 5. The molecule has 4 aromatic rings. The number of imidazole rings is 1. The Balaban J connectivity index is 1.32. The van der Waals surface area contributed by atoms with Crippen molar-refractivity contribution in [3.8, 4) is 6.07 Å². The Kier molecular flexibility index (Phi) is 5.34. The van der Waals surface area contributed by atoms with Crippen LogP contribution in [0.3, 0.4) is 0 Å². The second-order valence-electron chi connectivity index (χ2n) is 9.46. The Morgan fingerprint density at radius 1 is 1.11 bits per heavy atom. The lowest BCUT2D eigenvalue weighted by Crippen LogP contribution is -2.44. The van der Waals surface area contributed by atoms with Gasteiger partial charge in [0.15, 0.2) is 0 Å². The SMILES string of the molecule is CN1CCN(c2ccc3nc(Nc4ncc5cc(C#N)c(=O)n(C6CCCC6)c5n4)[nH]c3c2)CC1. The number of benzene rings is 1. The monoisotopic (exact) mass is 469 g/mol. The van der Waals surface area contributed by atoms with Crippen molar-refractivity contribution in [2.75, 3.05) is 43.4 Å². The Bertz CT molecular complexity index is 1500. The standard InChI is InChI=1S/C25H27N9O/c1-32-8-10-33(11-9-32)19-6-7-20-21(13-19)29-25(28-20)31-24-27-15-17-12-16(14-26)23(35)34(22(17)30-24)18-4-2-3-5-18/h6-7,12-13,15,18H,2-5,8-11H2,1H3,(H2,27,28,29,30,31). The molecule has 0 unspecified atom stereocenters. The van der Waals surface area contributed by atoms with Gasteiger partial charge in [-0.25, -0.2) is 9.97 Å². The minimum absolute atomic E-state index is 0.0558. The number of rotatable bonds is 4. The van der Waals surface area contributed by atoms with E-state index < -0.39 is 0 Å². The van der Waals surface area contributed by atoms with E-state index in [0.717, 1.165) is 62.9 Å². The minimum atomic E-state index is -0.281. The molecule has 2 N–H and O–H groups in total. The number of nitrogens with one attached hydrogen (secondary N) is 2. The van der Waals surface area contributed by atoms with Gasteiger partial charge >= 0.3 is 0 Å². The molecule has 1 aromatic carbocycles. The number of fused-ring (bicyclic) bond motifs is 2. The summed E-state index contributed by atoms with van der Waals surface area (Å²) in [6.07, 6.45) is 5.62. The summed E-state index contributed by atoms with van der Waals surface area (Å²) in [5.74, 6) is 0.894. The summed E-state index contributed by atoms with van der Waals surface area (Å²) in [7, 11) is 2.15. The number of hydrogen-bond acceptors (Lipinski definition) is 8. The highest BCUT2D eigenvalue weighted by Crippen LogP contribution is 2.31. The molecule has 1 saturated heterocycles. The van der Waals surface area contributed by atoms with Crippen molar-refractivity contribution >= 4 is 39.7 Å². The van der Waals surface area contributed by atoms with E-state index in [9.17, 15) is 10.1 Å². The second-order valence-corrected chi connectivity index (χ2v) is 9.46. The summed E-state index contributed by atoms with van der Waals surface area (Å²) in [5, 5.41) is 13.3. The maximum atomic E-state index is 13.0. The van der Waals surface area contributed by atoms with Gasteiger partial charge in [-0.2, -0.15) is 10.2 Å². The predicted molar refractivity (Wildman–Crippen MR) is 135 cm³/mol. The van der Waals surface area contributed by atoms with E-state index in [1.807, 2.05) is 12.1 Å². The van der Waals surface area contributed by atoms with E-state index in [2.05, 4.69) is 54.2 Å². The first kappa shape index (κ1) is 21.6. The number of nitrogens with zero attached hydrogens (tertiary/aromatic N) is 7. The average Bonchev–Trinajstić information content (AvgIpc) is 3.53. The van der Waals surface area contributed by atoms with E-state index in [0.29, 0.717) is 22.9 Å². The Labute approximate surface area is 202 Å². The van der Waals surface area contributed by atoms with Crippen molar-refractivity contribution in [3.63, 3.8) is 0 Å². The van der Waals surface area contributed by atoms with Gasteiger partial charge in [-0.05, 0) is 44.2 Å². The summed E-state index contributed by atoms with van der Waals surface area (Å²) >= 11 is 0. The third kappa shape index (κ3) is 3.98. The highest BCUT2D eigenvalue weighted by molar-refractivity contribution is 5.82. The molecule has 4 heterocycles. The molecule has 6 rings (SSSR count). The number of aromatic amines is 1. The first-order valence-electron chi connectivity index (χ1n) is 12.1. The zero-order valence-electron chi connectivity index (χ0n) is 19.7. The van der Waals surface area contributed by atoms with Gasteiger partial charge in [0.25, 0.3) is 5.56 Å². The molecule has 35 heavy (non-hydrogen) atoms. The number of nitriles is 1. The van der Waals surface area contributed by atoms with Gasteiger partial charge in [0.1, 0.15) is 17.3 Å². The normalized spacial score (nSPS) is 17.3. The zero-order valence-corrected chi connectivity index (χ0v) is 19.7. The molecule has 0 spiro atoms. The molecule has 2 fully saturated rings. The van der Waals surface area contributed by atoms with Gasteiger partial charge in [-0.3, -0.25) is 14.7 Å². The Hall–Kier alpha value is -3.97. The smallest absolute Gasteiger partial charge is 0.270 e. The summed E-state index contributed by atoms with van der Waals surface area (Å²) < 4.78 is 1.69. The summed E-state index contributed by atoms with van der Waals surface area (Å²) in [5.41, 5.74) is 3.36. The Morgan fingerprint density at radius 2 is 1.91 bits per heavy atom. The fraction of sp³-hybridized carbons (Fsp3) is 0.400. The van der Waals surface area contributed by atoms with Crippen LogP contribution in [0, 0.1) is 11.3 Å². The van der Waals surface area contributed by atoms with E-state index in [1.165, 1.54) is 5.69 Å². The van der Waals surface area contributed by atoms with Crippen LogP contribution in [0.1, 0.15) is 37.3 Å². The average molecular weight is 470 g/mol. The summed E-state index contributed by atoms with van der Waals surface area (Å²) in [4.78, 5) is 34.8. The first-order chi connectivity index (χ1) is 17.1. The number of likely N-dealkylation sites (N-methyl/N-ethyl adjacent to an activating group) is 1. The maximum absolute atomic E-state index is 13.0. The minimum Gasteiger partial charge on any atom is -0.369 e. The van der Waals surface area contributed by atoms with Crippen molar-refractivity contribution in [2.45, 2.75) is 31.7 Å². The molecule has 0 bridgehead atoms. The van der Waals surface area contributed by atoms with Crippen LogP contribution in [-0.2, 0) is 0 Å². The lowest BCUT2D eigenvalue weighted by Gasteiger charge is -2.34. The van der Waals surface area contributed by atoms with Crippen LogP contribution in [0.5, 0.6) is 0 Å². The van der Waals surface area contributed by atoms with Crippen LogP contribution in [0.2, 0.25) is 0 Å². The summed E-state index contributed by atoms with van der Waals surface area (Å²) in [6.45, 7) is 4.11. The van der Waals surface area contributed by atoms with Gasteiger partial charge in [0.2, 0.25) is 11.9 Å². The lowest BCUT2D eigenvalue weighted by atomic mass is 10.2. The maximum Gasteiger partial charge on any atom is 0.270 e. The molecule has 10 heteroatoms. The molecule has 0 radical (unpaired) electrons. The molecule has 1 aliphatic heterocycles. The molecule has 1 aliphatic carbocycles. The van der Waals surface area contributed by atoms with Crippen molar-refractivity contribution in [3.05, 3.63) is 46.4 Å². The molecule has 0 amide bonds. The van der Waals surface area contributed by atoms with Crippen molar-refractivity contribution in [2.24, 2.45) is 0 Å². The van der Waals surface area contributed by atoms with E-state index >= 15 is 0 Å². The number of piperazine rings is 1. The number of hydrogen-bond donors (Lipinski definition) is 2. The quantitative estimate of drug-likeness (QED) is 0.468. The number of pyridine rings is 1. The molecular weight excluding hydrogens is 442 g/mol.